The van der Waals surface area contributed by atoms with Crippen molar-refractivity contribution in [1.29, 1.82) is 0 Å². The Morgan fingerprint density at radius 3 is 2.33 bits per heavy atom. The fourth-order valence-corrected chi connectivity index (χ4v) is 2.04. The van der Waals surface area contributed by atoms with Crippen LogP contribution in [0, 0.1) is 0 Å². The molecule has 0 aliphatic rings. The van der Waals surface area contributed by atoms with Gasteiger partial charge in [0.25, 0.3) is 10.2 Å². The Morgan fingerprint density at radius 2 is 1.89 bits per heavy atom. The molecule has 5 N–H and O–H groups in total. The molecule has 7 nitrogen and oxygen atoms in total. The zero-order valence-electron chi connectivity index (χ0n) is 9.56. The molecule has 100 valence electrons. The van der Waals surface area contributed by atoms with E-state index in [0.717, 1.165) is 4.31 Å². The van der Waals surface area contributed by atoms with Crippen LogP contribution in [0.1, 0.15) is 5.56 Å². The van der Waals surface area contributed by atoms with Crippen molar-refractivity contribution >= 4 is 16.2 Å². The Labute approximate surface area is 105 Å². The van der Waals surface area contributed by atoms with E-state index in [2.05, 4.69) is 0 Å². The van der Waals surface area contributed by atoms with E-state index in [1.165, 1.54) is 0 Å². The van der Waals surface area contributed by atoms with Gasteiger partial charge >= 0.3 is 5.97 Å². The molecule has 1 unspecified atom stereocenters. The average molecular weight is 273 g/mol. The van der Waals surface area contributed by atoms with Crippen LogP contribution in [0.25, 0.3) is 0 Å². The number of nitrogens with zero attached hydrogens (tertiary/aromatic N) is 1. The van der Waals surface area contributed by atoms with E-state index in [1.807, 2.05) is 0 Å². The van der Waals surface area contributed by atoms with Gasteiger partial charge in [0.2, 0.25) is 0 Å². The number of rotatable bonds is 6. The number of carboxylic acids is 1. The molecule has 1 aromatic rings. The molecule has 0 aliphatic carbocycles. The number of carbonyl (C=O) groups is 1. The summed E-state index contributed by atoms with van der Waals surface area (Å²) in [6.07, 6.45) is 0. The number of carboxylic acid groups (broad SMARTS) is 1. The average Bonchev–Trinajstić information content (AvgIpc) is 2.28. The summed E-state index contributed by atoms with van der Waals surface area (Å²) >= 11 is 0. The number of hydrogen-bond acceptors (Lipinski definition) is 4. The minimum Gasteiger partial charge on any atom is -0.480 e. The van der Waals surface area contributed by atoms with Crippen LogP contribution in [-0.2, 0) is 21.5 Å². The van der Waals surface area contributed by atoms with E-state index in [0.29, 0.717) is 5.56 Å². The number of hydrogen-bond donors (Lipinski definition) is 3. The molecule has 18 heavy (non-hydrogen) atoms. The van der Waals surface area contributed by atoms with Gasteiger partial charge in [0.15, 0.2) is 0 Å². The standard InChI is InChI=1S/C10H15N3O4S/c11-9(10(14)15)7-13(18(12,16)17)6-8-4-2-1-3-5-8/h1-5,9H,6-7,11H2,(H,14,15)(H2,12,16,17). The summed E-state index contributed by atoms with van der Waals surface area (Å²) in [7, 11) is -4.00. The second-order valence-corrected chi connectivity index (χ2v) is 5.31. The Morgan fingerprint density at radius 1 is 1.33 bits per heavy atom. The van der Waals surface area contributed by atoms with Gasteiger partial charge in [-0.1, -0.05) is 30.3 Å². The zero-order chi connectivity index (χ0) is 13.8. The van der Waals surface area contributed by atoms with E-state index in [9.17, 15) is 13.2 Å². The smallest absolute Gasteiger partial charge is 0.321 e. The largest absolute Gasteiger partial charge is 0.480 e. The van der Waals surface area contributed by atoms with Crippen molar-refractivity contribution in [2.75, 3.05) is 6.54 Å². The molecule has 1 aromatic carbocycles. The van der Waals surface area contributed by atoms with Crippen molar-refractivity contribution in [2.45, 2.75) is 12.6 Å². The van der Waals surface area contributed by atoms with Crippen LogP contribution in [0.5, 0.6) is 0 Å². The summed E-state index contributed by atoms with van der Waals surface area (Å²) in [5.74, 6) is -1.28. The Balaban J connectivity index is 2.84. The predicted octanol–water partition coefficient (Wildman–Crippen LogP) is -0.896. The highest BCUT2D eigenvalue weighted by Gasteiger charge is 2.23. The fraction of sp³-hybridized carbons (Fsp3) is 0.300. The van der Waals surface area contributed by atoms with Crippen LogP contribution >= 0.6 is 0 Å². The number of benzene rings is 1. The maximum absolute atomic E-state index is 11.3. The van der Waals surface area contributed by atoms with Crippen molar-refractivity contribution in [3.05, 3.63) is 35.9 Å². The topological polar surface area (TPSA) is 127 Å². The van der Waals surface area contributed by atoms with Crippen LogP contribution in [0.15, 0.2) is 30.3 Å². The van der Waals surface area contributed by atoms with Crippen molar-refractivity contribution in [3.8, 4) is 0 Å². The molecule has 1 rings (SSSR count). The van der Waals surface area contributed by atoms with Gasteiger partial charge in [-0.15, -0.1) is 0 Å². The summed E-state index contributed by atoms with van der Waals surface area (Å²) < 4.78 is 23.5. The molecule has 0 radical (unpaired) electrons. The summed E-state index contributed by atoms with van der Waals surface area (Å²) in [5.41, 5.74) is 6.00. The SMILES string of the molecule is NC(CN(Cc1ccccc1)S(N)(=O)=O)C(=O)O. The lowest BCUT2D eigenvalue weighted by atomic mass is 10.2. The molecule has 0 saturated heterocycles. The fourth-order valence-electron chi connectivity index (χ4n) is 1.34. The molecule has 0 aromatic heterocycles. The monoisotopic (exact) mass is 273 g/mol. The third-order valence-electron chi connectivity index (χ3n) is 2.28. The first-order chi connectivity index (χ1) is 8.30. The quantitative estimate of drug-likeness (QED) is 0.619. The maximum Gasteiger partial charge on any atom is 0.321 e. The van der Waals surface area contributed by atoms with Crippen molar-refractivity contribution < 1.29 is 18.3 Å². The Hall–Kier alpha value is -1.48. The van der Waals surface area contributed by atoms with E-state index < -0.39 is 22.2 Å². The van der Waals surface area contributed by atoms with Gasteiger partial charge < -0.3 is 10.8 Å². The predicted molar refractivity (Wildman–Crippen MR) is 65.6 cm³/mol. The molecular weight excluding hydrogens is 258 g/mol. The number of aliphatic carboxylic acids is 1. The maximum atomic E-state index is 11.3. The summed E-state index contributed by atoms with van der Waals surface area (Å²) in [5, 5.41) is 13.7. The van der Waals surface area contributed by atoms with Crippen molar-refractivity contribution in [1.82, 2.24) is 4.31 Å². The Kier molecular flexibility index (Phi) is 4.79. The second-order valence-electron chi connectivity index (χ2n) is 3.77. The summed E-state index contributed by atoms with van der Waals surface area (Å²) in [6, 6.07) is 7.39. The van der Waals surface area contributed by atoms with Gasteiger partial charge in [-0.3, -0.25) is 4.79 Å². The van der Waals surface area contributed by atoms with Crippen LogP contribution in [0.4, 0.5) is 0 Å². The van der Waals surface area contributed by atoms with Gasteiger partial charge in [-0.2, -0.15) is 12.7 Å². The first kappa shape index (κ1) is 14.6. The van der Waals surface area contributed by atoms with E-state index in [4.69, 9.17) is 16.0 Å². The van der Waals surface area contributed by atoms with Crippen LogP contribution < -0.4 is 10.9 Å². The molecule has 0 saturated carbocycles. The minimum absolute atomic E-state index is 0.0132. The minimum atomic E-state index is -4.00. The van der Waals surface area contributed by atoms with Crippen LogP contribution in [0.3, 0.4) is 0 Å². The summed E-state index contributed by atoms with van der Waals surface area (Å²) in [4.78, 5) is 10.6. The van der Waals surface area contributed by atoms with Crippen LogP contribution in [-0.4, -0.2) is 36.4 Å². The van der Waals surface area contributed by atoms with Crippen LogP contribution in [0.2, 0.25) is 0 Å². The first-order valence-corrected chi connectivity index (χ1v) is 6.61. The second kappa shape index (κ2) is 5.91. The van der Waals surface area contributed by atoms with Crippen molar-refractivity contribution in [3.63, 3.8) is 0 Å². The van der Waals surface area contributed by atoms with Gasteiger partial charge in [-0.05, 0) is 5.56 Å². The third-order valence-corrected chi connectivity index (χ3v) is 3.28. The lowest BCUT2D eigenvalue weighted by molar-refractivity contribution is -0.138. The highest BCUT2D eigenvalue weighted by atomic mass is 32.2. The normalized spacial score (nSPS) is 13.5. The first-order valence-electron chi connectivity index (χ1n) is 5.11. The summed E-state index contributed by atoms with van der Waals surface area (Å²) in [6.45, 7) is -0.385. The van der Waals surface area contributed by atoms with Gasteiger partial charge in [0.05, 0.1) is 0 Å². The highest BCUT2D eigenvalue weighted by molar-refractivity contribution is 7.86. The zero-order valence-corrected chi connectivity index (χ0v) is 10.4. The molecule has 0 amide bonds. The molecule has 8 heteroatoms. The molecule has 0 bridgehead atoms. The van der Waals surface area contributed by atoms with Gasteiger partial charge in [-0.25, -0.2) is 5.14 Å². The third kappa shape index (κ3) is 4.41. The van der Waals surface area contributed by atoms with Gasteiger partial charge in [0.1, 0.15) is 6.04 Å². The molecule has 0 aliphatic heterocycles. The van der Waals surface area contributed by atoms with E-state index in [-0.39, 0.29) is 13.1 Å². The molecule has 0 heterocycles. The molecule has 0 fully saturated rings. The van der Waals surface area contributed by atoms with Crippen molar-refractivity contribution in [2.24, 2.45) is 10.9 Å². The lowest BCUT2D eigenvalue weighted by Gasteiger charge is -2.21. The molecule has 0 spiro atoms. The molecule has 1 atom stereocenters. The lowest BCUT2D eigenvalue weighted by Crippen LogP contribution is -2.47. The number of nitrogens with two attached hydrogens (primary N) is 2. The van der Waals surface area contributed by atoms with E-state index >= 15 is 0 Å². The van der Waals surface area contributed by atoms with Gasteiger partial charge in [0, 0.05) is 13.1 Å². The Bertz CT molecular complexity index is 503. The highest BCUT2D eigenvalue weighted by Crippen LogP contribution is 2.07. The molecular formula is C10H15N3O4S. The van der Waals surface area contributed by atoms with E-state index in [1.54, 1.807) is 30.3 Å².